The largest absolute Gasteiger partial charge is 0.301 e. The lowest BCUT2D eigenvalue weighted by atomic mass is 10.1. The van der Waals surface area contributed by atoms with Gasteiger partial charge in [0, 0.05) is 37.7 Å². The van der Waals surface area contributed by atoms with Gasteiger partial charge < -0.3 is 4.90 Å². The summed E-state index contributed by atoms with van der Waals surface area (Å²) in [7, 11) is 0. The number of ketones is 1. The van der Waals surface area contributed by atoms with Crippen LogP contribution in [0.15, 0.2) is 24.3 Å². The van der Waals surface area contributed by atoms with E-state index in [9.17, 15) is 9.18 Å². The van der Waals surface area contributed by atoms with Crippen LogP contribution < -0.4 is 0 Å². The van der Waals surface area contributed by atoms with E-state index in [1.165, 1.54) is 12.1 Å². The zero-order valence-corrected chi connectivity index (χ0v) is 13.0. The summed E-state index contributed by atoms with van der Waals surface area (Å²) in [4.78, 5) is 16.9. The van der Waals surface area contributed by atoms with Crippen molar-refractivity contribution < 1.29 is 9.18 Å². The van der Waals surface area contributed by atoms with Crippen LogP contribution in [0.1, 0.15) is 37.0 Å². The molecule has 1 atom stereocenters. The molecule has 0 radical (unpaired) electrons. The molecule has 0 aromatic heterocycles. The number of piperazine rings is 1. The quantitative estimate of drug-likeness (QED) is 0.753. The number of halogens is 1. The van der Waals surface area contributed by atoms with Gasteiger partial charge in [-0.25, -0.2) is 4.39 Å². The van der Waals surface area contributed by atoms with Gasteiger partial charge in [0.25, 0.3) is 0 Å². The summed E-state index contributed by atoms with van der Waals surface area (Å²) in [5, 5.41) is 0. The Morgan fingerprint density at radius 3 is 2.62 bits per heavy atom. The van der Waals surface area contributed by atoms with E-state index in [1.54, 1.807) is 12.1 Å². The van der Waals surface area contributed by atoms with Crippen molar-refractivity contribution in [1.82, 2.24) is 9.80 Å². The summed E-state index contributed by atoms with van der Waals surface area (Å²) in [5.74, 6) is -0.190. The normalized spacial score (nSPS) is 20.6. The van der Waals surface area contributed by atoms with E-state index in [4.69, 9.17) is 0 Å². The van der Waals surface area contributed by atoms with Crippen LogP contribution in [0.4, 0.5) is 4.39 Å². The van der Waals surface area contributed by atoms with Gasteiger partial charge in [0.2, 0.25) is 0 Å². The first-order chi connectivity index (χ1) is 10.1. The van der Waals surface area contributed by atoms with Gasteiger partial charge in [-0.3, -0.25) is 9.69 Å². The standard InChI is InChI=1S/C17H25FN2O/c1-3-20-12-11-19(13-14(20)2)10-4-5-17(21)15-6-8-16(18)9-7-15/h6-9,14H,3-5,10-13H2,1-2H3. The topological polar surface area (TPSA) is 23.6 Å². The van der Waals surface area contributed by atoms with E-state index < -0.39 is 0 Å². The number of hydrogen-bond acceptors (Lipinski definition) is 3. The minimum absolute atomic E-state index is 0.107. The molecule has 0 aliphatic carbocycles. The molecule has 2 rings (SSSR count). The summed E-state index contributed by atoms with van der Waals surface area (Å²) in [6.07, 6.45) is 1.41. The van der Waals surface area contributed by atoms with Crippen LogP contribution in [0.25, 0.3) is 0 Å². The Morgan fingerprint density at radius 2 is 2.00 bits per heavy atom. The van der Waals surface area contributed by atoms with Crippen molar-refractivity contribution in [3.05, 3.63) is 35.6 Å². The lowest BCUT2D eigenvalue weighted by Gasteiger charge is -2.39. The zero-order valence-electron chi connectivity index (χ0n) is 13.0. The summed E-state index contributed by atoms with van der Waals surface area (Å²) in [6.45, 7) is 9.82. The number of likely N-dealkylation sites (N-methyl/N-ethyl adjacent to an activating group) is 1. The number of Topliss-reactive ketones (excluding diaryl/α,β-unsaturated/α-hetero) is 1. The fourth-order valence-electron chi connectivity index (χ4n) is 2.99. The minimum atomic E-state index is -0.297. The first-order valence-corrected chi connectivity index (χ1v) is 7.85. The van der Waals surface area contributed by atoms with Gasteiger partial charge in [-0.2, -0.15) is 0 Å². The Bertz CT molecular complexity index is 460. The number of nitrogens with zero attached hydrogens (tertiary/aromatic N) is 2. The monoisotopic (exact) mass is 292 g/mol. The van der Waals surface area contributed by atoms with Crippen molar-refractivity contribution in [2.24, 2.45) is 0 Å². The molecule has 1 aliphatic heterocycles. The van der Waals surface area contributed by atoms with Crippen molar-refractivity contribution in [3.63, 3.8) is 0 Å². The molecule has 1 aromatic rings. The van der Waals surface area contributed by atoms with Crippen molar-refractivity contribution in [3.8, 4) is 0 Å². The van der Waals surface area contributed by atoms with Gasteiger partial charge in [-0.1, -0.05) is 6.92 Å². The van der Waals surface area contributed by atoms with Crippen molar-refractivity contribution in [2.45, 2.75) is 32.7 Å². The molecule has 0 spiro atoms. The minimum Gasteiger partial charge on any atom is -0.301 e. The molecule has 0 bridgehead atoms. The molecule has 1 saturated heterocycles. The number of carbonyl (C=O) groups excluding carboxylic acids is 1. The predicted molar refractivity (Wildman–Crippen MR) is 83.1 cm³/mol. The van der Waals surface area contributed by atoms with Crippen molar-refractivity contribution in [1.29, 1.82) is 0 Å². The number of hydrogen-bond donors (Lipinski definition) is 0. The SMILES string of the molecule is CCN1CCN(CCCC(=O)c2ccc(F)cc2)CC1C. The molecule has 1 fully saturated rings. The highest BCUT2D eigenvalue weighted by Crippen LogP contribution is 2.11. The van der Waals surface area contributed by atoms with E-state index in [1.807, 2.05) is 0 Å². The number of benzene rings is 1. The molecule has 0 N–H and O–H groups in total. The second-order valence-corrected chi connectivity index (χ2v) is 5.81. The van der Waals surface area contributed by atoms with Crippen LogP contribution in [0.5, 0.6) is 0 Å². The van der Waals surface area contributed by atoms with E-state index >= 15 is 0 Å². The van der Waals surface area contributed by atoms with E-state index in [2.05, 4.69) is 23.6 Å². The number of carbonyl (C=O) groups is 1. The second kappa shape index (κ2) is 7.66. The van der Waals surface area contributed by atoms with Gasteiger partial charge in [-0.05, 0) is 50.7 Å². The van der Waals surface area contributed by atoms with Gasteiger partial charge in [0.05, 0.1) is 0 Å². The highest BCUT2D eigenvalue weighted by atomic mass is 19.1. The lowest BCUT2D eigenvalue weighted by molar-refractivity contribution is 0.0840. The Kier molecular flexibility index (Phi) is 5.88. The average Bonchev–Trinajstić information content (AvgIpc) is 2.48. The maximum Gasteiger partial charge on any atom is 0.162 e. The van der Waals surface area contributed by atoms with Crippen molar-refractivity contribution in [2.75, 3.05) is 32.7 Å². The first kappa shape index (κ1) is 16.1. The Morgan fingerprint density at radius 1 is 1.29 bits per heavy atom. The maximum absolute atomic E-state index is 12.8. The highest BCUT2D eigenvalue weighted by Gasteiger charge is 2.21. The Hall–Kier alpha value is -1.26. The van der Waals surface area contributed by atoms with Crippen LogP contribution in [-0.4, -0.2) is 54.3 Å². The van der Waals surface area contributed by atoms with Gasteiger partial charge in [-0.15, -0.1) is 0 Å². The smallest absolute Gasteiger partial charge is 0.162 e. The second-order valence-electron chi connectivity index (χ2n) is 5.81. The molecule has 116 valence electrons. The number of rotatable bonds is 6. The van der Waals surface area contributed by atoms with Crippen LogP contribution in [0.2, 0.25) is 0 Å². The maximum atomic E-state index is 12.8. The first-order valence-electron chi connectivity index (χ1n) is 7.85. The third kappa shape index (κ3) is 4.61. The summed E-state index contributed by atoms with van der Waals surface area (Å²) in [6, 6.07) is 6.42. The summed E-state index contributed by atoms with van der Waals surface area (Å²) >= 11 is 0. The van der Waals surface area contributed by atoms with Gasteiger partial charge >= 0.3 is 0 Å². The third-order valence-corrected chi connectivity index (χ3v) is 4.30. The summed E-state index contributed by atoms with van der Waals surface area (Å²) < 4.78 is 12.8. The third-order valence-electron chi connectivity index (χ3n) is 4.30. The molecule has 0 saturated carbocycles. The van der Waals surface area contributed by atoms with Crippen LogP contribution >= 0.6 is 0 Å². The molecule has 1 heterocycles. The molecule has 1 unspecified atom stereocenters. The van der Waals surface area contributed by atoms with Gasteiger partial charge in [0.15, 0.2) is 5.78 Å². The summed E-state index contributed by atoms with van der Waals surface area (Å²) in [5.41, 5.74) is 0.612. The van der Waals surface area contributed by atoms with Crippen LogP contribution in [0.3, 0.4) is 0 Å². The molecular formula is C17H25FN2O. The van der Waals surface area contributed by atoms with Crippen LogP contribution in [0, 0.1) is 5.82 Å². The van der Waals surface area contributed by atoms with Gasteiger partial charge in [0.1, 0.15) is 5.82 Å². The Labute approximate surface area is 126 Å². The molecular weight excluding hydrogens is 267 g/mol. The van der Waals surface area contributed by atoms with E-state index in [-0.39, 0.29) is 11.6 Å². The van der Waals surface area contributed by atoms with Crippen LogP contribution in [-0.2, 0) is 0 Å². The zero-order chi connectivity index (χ0) is 15.2. The fourth-order valence-corrected chi connectivity index (χ4v) is 2.99. The Balaban J connectivity index is 1.72. The molecule has 0 amide bonds. The molecule has 1 aromatic carbocycles. The average molecular weight is 292 g/mol. The molecule has 4 heteroatoms. The molecule has 21 heavy (non-hydrogen) atoms. The molecule has 3 nitrogen and oxygen atoms in total. The highest BCUT2D eigenvalue weighted by molar-refractivity contribution is 5.95. The molecule has 1 aliphatic rings. The van der Waals surface area contributed by atoms with E-state index in [0.717, 1.165) is 39.1 Å². The predicted octanol–water partition coefficient (Wildman–Crippen LogP) is 2.81. The fraction of sp³-hybridized carbons (Fsp3) is 0.588. The van der Waals surface area contributed by atoms with Crippen molar-refractivity contribution >= 4 is 5.78 Å². The lowest BCUT2D eigenvalue weighted by Crippen LogP contribution is -2.51. The van der Waals surface area contributed by atoms with E-state index in [0.29, 0.717) is 18.0 Å².